The first kappa shape index (κ1) is 13.7. The molecule has 0 saturated heterocycles. The lowest BCUT2D eigenvalue weighted by molar-refractivity contribution is 0.181. The van der Waals surface area contributed by atoms with Gasteiger partial charge in [-0.05, 0) is 13.0 Å². The zero-order chi connectivity index (χ0) is 13.8. The Balaban J connectivity index is 2.45. The van der Waals surface area contributed by atoms with Crippen LogP contribution < -0.4 is 10.9 Å². The van der Waals surface area contributed by atoms with Crippen molar-refractivity contribution in [2.24, 2.45) is 0 Å². The third-order valence-corrected chi connectivity index (χ3v) is 3.46. The van der Waals surface area contributed by atoms with Crippen LogP contribution in [0.3, 0.4) is 0 Å². The van der Waals surface area contributed by atoms with Crippen LogP contribution in [0.1, 0.15) is 5.69 Å². The van der Waals surface area contributed by atoms with Crippen molar-refractivity contribution in [3.8, 4) is 11.3 Å². The Hall–Kier alpha value is -1.73. The van der Waals surface area contributed by atoms with Crippen molar-refractivity contribution in [2.75, 3.05) is 26.1 Å². The highest BCUT2D eigenvalue weighted by Crippen LogP contribution is 2.22. The topological polar surface area (TPSA) is 69.0 Å². The standard InChI is InChI=1S/C12H16N4O2S/c1-8-6-9(10-7-19-12(13-2)14-10)11(17)16(15-8)4-5-18-3/h6-7H,4-5H2,1-3H3,(H,13,14). The highest BCUT2D eigenvalue weighted by atomic mass is 32.1. The monoisotopic (exact) mass is 280 g/mol. The Morgan fingerprint density at radius 2 is 2.32 bits per heavy atom. The zero-order valence-electron chi connectivity index (χ0n) is 11.1. The molecule has 0 unspecified atom stereocenters. The molecule has 2 aromatic rings. The van der Waals surface area contributed by atoms with Crippen LogP contribution in [0.2, 0.25) is 0 Å². The normalized spacial score (nSPS) is 10.7. The highest BCUT2D eigenvalue weighted by molar-refractivity contribution is 7.14. The van der Waals surface area contributed by atoms with Crippen molar-refractivity contribution in [1.29, 1.82) is 0 Å². The van der Waals surface area contributed by atoms with Crippen molar-refractivity contribution in [1.82, 2.24) is 14.8 Å². The fraction of sp³-hybridized carbons (Fsp3) is 0.417. The molecule has 1 N–H and O–H groups in total. The molecule has 0 aliphatic carbocycles. The molecule has 0 bridgehead atoms. The number of hydrogen-bond donors (Lipinski definition) is 1. The van der Waals surface area contributed by atoms with Gasteiger partial charge in [-0.1, -0.05) is 0 Å². The third kappa shape index (κ3) is 2.99. The number of aromatic nitrogens is 3. The number of thiazole rings is 1. The van der Waals surface area contributed by atoms with Gasteiger partial charge >= 0.3 is 0 Å². The maximum atomic E-state index is 12.3. The number of nitrogens with zero attached hydrogens (tertiary/aromatic N) is 3. The molecule has 0 amide bonds. The summed E-state index contributed by atoms with van der Waals surface area (Å²) in [5, 5.41) is 9.82. The Morgan fingerprint density at radius 1 is 1.53 bits per heavy atom. The van der Waals surface area contributed by atoms with Gasteiger partial charge in [0, 0.05) is 19.5 Å². The second-order valence-electron chi connectivity index (χ2n) is 4.01. The molecular formula is C12H16N4O2S. The number of anilines is 1. The fourth-order valence-corrected chi connectivity index (χ4v) is 2.37. The van der Waals surface area contributed by atoms with Crippen LogP contribution >= 0.6 is 11.3 Å². The quantitative estimate of drug-likeness (QED) is 0.895. The van der Waals surface area contributed by atoms with Gasteiger partial charge in [-0.3, -0.25) is 4.79 Å². The number of rotatable bonds is 5. The van der Waals surface area contributed by atoms with E-state index in [-0.39, 0.29) is 5.56 Å². The van der Waals surface area contributed by atoms with Gasteiger partial charge in [-0.2, -0.15) is 5.10 Å². The molecule has 19 heavy (non-hydrogen) atoms. The van der Waals surface area contributed by atoms with E-state index in [0.717, 1.165) is 10.8 Å². The van der Waals surface area contributed by atoms with Crippen LogP contribution in [0.4, 0.5) is 5.13 Å². The average Bonchev–Trinajstić information content (AvgIpc) is 2.88. The average molecular weight is 280 g/mol. The lowest BCUT2D eigenvalue weighted by atomic mass is 10.2. The molecule has 0 saturated carbocycles. The van der Waals surface area contributed by atoms with E-state index in [0.29, 0.717) is 24.4 Å². The third-order valence-electron chi connectivity index (χ3n) is 2.60. The van der Waals surface area contributed by atoms with Crippen LogP contribution in [0.25, 0.3) is 11.3 Å². The lowest BCUT2D eigenvalue weighted by Crippen LogP contribution is -2.26. The van der Waals surface area contributed by atoms with E-state index in [2.05, 4.69) is 15.4 Å². The van der Waals surface area contributed by atoms with Crippen LogP contribution in [0.5, 0.6) is 0 Å². The van der Waals surface area contributed by atoms with Crippen molar-refractivity contribution >= 4 is 16.5 Å². The van der Waals surface area contributed by atoms with Gasteiger partial charge in [0.05, 0.1) is 30.1 Å². The Kier molecular flexibility index (Phi) is 4.28. The van der Waals surface area contributed by atoms with E-state index >= 15 is 0 Å². The van der Waals surface area contributed by atoms with Crippen molar-refractivity contribution in [3.05, 3.63) is 27.5 Å². The highest BCUT2D eigenvalue weighted by Gasteiger charge is 2.11. The molecule has 102 valence electrons. The molecule has 6 nitrogen and oxygen atoms in total. The maximum Gasteiger partial charge on any atom is 0.276 e. The first-order valence-electron chi connectivity index (χ1n) is 5.87. The first-order chi connectivity index (χ1) is 9.15. The second-order valence-corrected chi connectivity index (χ2v) is 4.87. The van der Waals surface area contributed by atoms with Crippen LogP contribution in [0.15, 0.2) is 16.2 Å². The summed E-state index contributed by atoms with van der Waals surface area (Å²) in [6, 6.07) is 1.76. The van der Waals surface area contributed by atoms with E-state index in [1.54, 1.807) is 20.2 Å². The molecule has 0 atom stereocenters. The van der Waals surface area contributed by atoms with E-state index in [1.165, 1.54) is 16.0 Å². The minimum atomic E-state index is -0.143. The van der Waals surface area contributed by atoms with E-state index in [1.807, 2.05) is 12.3 Å². The summed E-state index contributed by atoms with van der Waals surface area (Å²) < 4.78 is 6.41. The summed E-state index contributed by atoms with van der Waals surface area (Å²) in [4.78, 5) is 16.7. The minimum Gasteiger partial charge on any atom is -0.383 e. The molecule has 0 aromatic carbocycles. The van der Waals surface area contributed by atoms with Crippen molar-refractivity contribution < 1.29 is 4.74 Å². The predicted octanol–water partition coefficient (Wildman–Crippen LogP) is 1.36. The van der Waals surface area contributed by atoms with Gasteiger partial charge in [0.2, 0.25) is 0 Å². The summed E-state index contributed by atoms with van der Waals surface area (Å²) in [6.07, 6.45) is 0. The minimum absolute atomic E-state index is 0.143. The van der Waals surface area contributed by atoms with E-state index in [9.17, 15) is 4.79 Å². The van der Waals surface area contributed by atoms with Gasteiger partial charge in [0.1, 0.15) is 0 Å². The van der Waals surface area contributed by atoms with Gasteiger partial charge in [-0.25, -0.2) is 9.67 Å². The van der Waals surface area contributed by atoms with Crippen LogP contribution in [-0.4, -0.2) is 35.5 Å². The van der Waals surface area contributed by atoms with Crippen molar-refractivity contribution in [3.63, 3.8) is 0 Å². The van der Waals surface area contributed by atoms with Gasteiger partial charge in [0.15, 0.2) is 5.13 Å². The fourth-order valence-electron chi connectivity index (χ4n) is 1.70. The van der Waals surface area contributed by atoms with Crippen molar-refractivity contribution in [2.45, 2.75) is 13.5 Å². The van der Waals surface area contributed by atoms with Gasteiger partial charge < -0.3 is 10.1 Å². The second kappa shape index (κ2) is 5.94. The van der Waals surface area contributed by atoms with E-state index in [4.69, 9.17) is 4.74 Å². The Bertz CT molecular complexity index is 620. The van der Waals surface area contributed by atoms with Gasteiger partial charge in [-0.15, -0.1) is 11.3 Å². The number of ether oxygens (including phenoxy) is 1. The SMILES string of the molecule is CNc1nc(-c2cc(C)nn(CCOC)c2=O)cs1. The summed E-state index contributed by atoms with van der Waals surface area (Å²) in [6.45, 7) is 2.75. The van der Waals surface area contributed by atoms with E-state index < -0.39 is 0 Å². The summed E-state index contributed by atoms with van der Waals surface area (Å²) >= 11 is 1.47. The maximum absolute atomic E-state index is 12.3. The molecule has 2 aromatic heterocycles. The molecule has 2 rings (SSSR count). The molecular weight excluding hydrogens is 264 g/mol. The molecule has 0 aliphatic rings. The lowest BCUT2D eigenvalue weighted by Gasteiger charge is -2.07. The molecule has 0 radical (unpaired) electrons. The molecule has 0 aliphatic heterocycles. The zero-order valence-corrected chi connectivity index (χ0v) is 12.0. The number of nitrogens with one attached hydrogen (secondary N) is 1. The Morgan fingerprint density at radius 3 is 2.95 bits per heavy atom. The number of hydrogen-bond acceptors (Lipinski definition) is 6. The number of aryl methyl sites for hydroxylation is 1. The Labute approximate surface area is 115 Å². The molecule has 7 heteroatoms. The summed E-state index contributed by atoms with van der Waals surface area (Å²) in [7, 11) is 3.40. The molecule has 0 spiro atoms. The summed E-state index contributed by atoms with van der Waals surface area (Å²) in [5.41, 5.74) is 1.89. The first-order valence-corrected chi connectivity index (χ1v) is 6.75. The smallest absolute Gasteiger partial charge is 0.276 e. The summed E-state index contributed by atoms with van der Waals surface area (Å²) in [5.74, 6) is 0. The molecule has 2 heterocycles. The van der Waals surface area contributed by atoms with Crippen LogP contribution in [-0.2, 0) is 11.3 Å². The number of methoxy groups -OCH3 is 1. The van der Waals surface area contributed by atoms with Crippen LogP contribution in [0, 0.1) is 6.92 Å². The largest absolute Gasteiger partial charge is 0.383 e. The van der Waals surface area contributed by atoms with Gasteiger partial charge in [0.25, 0.3) is 5.56 Å². The molecule has 0 fully saturated rings. The predicted molar refractivity (Wildman–Crippen MR) is 75.8 cm³/mol.